The van der Waals surface area contributed by atoms with Crippen LogP contribution in [0.3, 0.4) is 0 Å². The van der Waals surface area contributed by atoms with Gasteiger partial charge in [-0.2, -0.15) is 0 Å². The number of thiophene rings is 1. The highest BCUT2D eigenvalue weighted by Gasteiger charge is 2.43. The molecule has 1 aromatic rings. The first-order chi connectivity index (χ1) is 8.90. The van der Waals surface area contributed by atoms with E-state index in [1.54, 1.807) is 11.3 Å². The third kappa shape index (κ3) is 3.35. The highest BCUT2D eigenvalue weighted by Crippen LogP contribution is 2.28. The Morgan fingerprint density at radius 3 is 2.74 bits per heavy atom. The summed E-state index contributed by atoms with van der Waals surface area (Å²) in [6.07, 6.45) is 0. The number of nitrogens with one attached hydrogen (secondary N) is 1. The molecule has 0 aliphatic carbocycles. The van der Waals surface area contributed by atoms with Gasteiger partial charge in [0.25, 0.3) is 0 Å². The Kier molecular flexibility index (Phi) is 4.28. The Morgan fingerprint density at radius 1 is 1.53 bits per heavy atom. The second kappa shape index (κ2) is 5.61. The summed E-state index contributed by atoms with van der Waals surface area (Å²) in [6.45, 7) is 7.55. The number of carbonyl (C=O) groups is 1. The molecule has 0 bridgehead atoms. The fourth-order valence-electron chi connectivity index (χ4n) is 2.30. The van der Waals surface area contributed by atoms with Gasteiger partial charge in [0.05, 0.1) is 18.2 Å². The Balaban J connectivity index is 1.75. The smallest absolute Gasteiger partial charge is 0.234 e. The van der Waals surface area contributed by atoms with E-state index in [4.69, 9.17) is 0 Å². The van der Waals surface area contributed by atoms with Gasteiger partial charge < -0.3 is 10.4 Å². The first-order valence-electron chi connectivity index (χ1n) is 6.68. The van der Waals surface area contributed by atoms with Gasteiger partial charge in [-0.3, -0.25) is 9.69 Å². The van der Waals surface area contributed by atoms with Crippen molar-refractivity contribution in [2.75, 3.05) is 19.6 Å². The molecule has 1 atom stereocenters. The highest BCUT2D eigenvalue weighted by molar-refractivity contribution is 7.10. The van der Waals surface area contributed by atoms with Crippen molar-refractivity contribution in [3.8, 4) is 0 Å². The van der Waals surface area contributed by atoms with Gasteiger partial charge >= 0.3 is 0 Å². The van der Waals surface area contributed by atoms with E-state index in [9.17, 15) is 9.90 Å². The Hall–Kier alpha value is -0.910. The molecule has 1 fully saturated rings. The van der Waals surface area contributed by atoms with Crippen molar-refractivity contribution in [1.82, 2.24) is 10.2 Å². The molecule has 1 aliphatic rings. The number of hydrogen-bond donors (Lipinski definition) is 2. The van der Waals surface area contributed by atoms with Crippen molar-refractivity contribution < 1.29 is 9.90 Å². The lowest BCUT2D eigenvalue weighted by molar-refractivity contribution is -0.142. The summed E-state index contributed by atoms with van der Waals surface area (Å²) in [7, 11) is 0. The van der Waals surface area contributed by atoms with Crippen LogP contribution in [0.25, 0.3) is 0 Å². The molecule has 5 heteroatoms. The molecule has 2 rings (SSSR count). The third-order valence-corrected chi connectivity index (χ3v) is 4.84. The standard InChI is InChI=1S/C14H22N2O2S/c1-10(2)14(18)8-16(9-14)7-13(17)15-11(3)12-5-4-6-19-12/h4-6,10-11,18H,7-9H2,1-3H3,(H,15,17). The van der Waals surface area contributed by atoms with Gasteiger partial charge in [0.1, 0.15) is 0 Å². The molecule has 0 radical (unpaired) electrons. The number of aliphatic hydroxyl groups is 1. The fraction of sp³-hybridized carbons (Fsp3) is 0.643. The molecule has 1 saturated heterocycles. The molecule has 1 unspecified atom stereocenters. The molecule has 0 aromatic carbocycles. The minimum absolute atomic E-state index is 0.0201. The fourth-order valence-corrected chi connectivity index (χ4v) is 3.04. The Morgan fingerprint density at radius 2 is 2.21 bits per heavy atom. The van der Waals surface area contributed by atoms with Crippen molar-refractivity contribution in [2.45, 2.75) is 32.4 Å². The number of carbonyl (C=O) groups excluding carboxylic acids is 1. The van der Waals surface area contributed by atoms with Crippen LogP contribution in [-0.2, 0) is 4.79 Å². The van der Waals surface area contributed by atoms with Crippen LogP contribution < -0.4 is 5.32 Å². The van der Waals surface area contributed by atoms with Gasteiger partial charge in [0, 0.05) is 18.0 Å². The van der Waals surface area contributed by atoms with Crippen LogP contribution in [0.2, 0.25) is 0 Å². The molecule has 1 aliphatic heterocycles. The highest BCUT2D eigenvalue weighted by atomic mass is 32.1. The summed E-state index contributed by atoms with van der Waals surface area (Å²) in [5, 5.41) is 15.1. The van der Waals surface area contributed by atoms with E-state index in [2.05, 4.69) is 5.32 Å². The zero-order valence-electron chi connectivity index (χ0n) is 11.7. The van der Waals surface area contributed by atoms with Crippen LogP contribution in [0.1, 0.15) is 31.7 Å². The van der Waals surface area contributed by atoms with Gasteiger partial charge in [-0.05, 0) is 24.3 Å². The van der Waals surface area contributed by atoms with Gasteiger partial charge in [-0.1, -0.05) is 19.9 Å². The molecule has 19 heavy (non-hydrogen) atoms. The maximum Gasteiger partial charge on any atom is 0.234 e. The number of nitrogens with zero attached hydrogens (tertiary/aromatic N) is 1. The second-order valence-corrected chi connectivity index (χ2v) is 6.69. The van der Waals surface area contributed by atoms with Gasteiger partial charge in [0.15, 0.2) is 0 Å². The maximum absolute atomic E-state index is 11.9. The second-order valence-electron chi connectivity index (χ2n) is 5.71. The lowest BCUT2D eigenvalue weighted by Crippen LogP contribution is -2.65. The zero-order valence-corrected chi connectivity index (χ0v) is 12.5. The average molecular weight is 282 g/mol. The molecule has 2 heterocycles. The molecule has 1 aromatic heterocycles. The first-order valence-corrected chi connectivity index (χ1v) is 7.56. The van der Waals surface area contributed by atoms with Crippen LogP contribution >= 0.6 is 11.3 Å². The molecule has 0 spiro atoms. The summed E-state index contributed by atoms with van der Waals surface area (Å²) in [5.74, 6) is 0.253. The van der Waals surface area contributed by atoms with Gasteiger partial charge in [-0.15, -0.1) is 11.3 Å². The molecular weight excluding hydrogens is 260 g/mol. The molecular formula is C14H22N2O2S. The SMILES string of the molecule is CC(NC(=O)CN1CC(O)(C(C)C)C1)c1cccs1. The normalized spacial score (nSPS) is 20.1. The molecule has 4 nitrogen and oxygen atoms in total. The Labute approximate surface area is 118 Å². The molecule has 106 valence electrons. The van der Waals surface area contributed by atoms with Crippen LogP contribution in [0.4, 0.5) is 0 Å². The van der Waals surface area contributed by atoms with Crippen molar-refractivity contribution in [2.24, 2.45) is 5.92 Å². The summed E-state index contributed by atoms with van der Waals surface area (Å²) in [6, 6.07) is 4.06. The zero-order chi connectivity index (χ0) is 14.0. The summed E-state index contributed by atoms with van der Waals surface area (Å²) in [5.41, 5.74) is -0.611. The number of rotatable bonds is 5. The molecule has 1 amide bonds. The Bertz CT molecular complexity index is 425. The van der Waals surface area contributed by atoms with Crippen molar-refractivity contribution in [1.29, 1.82) is 0 Å². The monoisotopic (exact) mass is 282 g/mol. The first kappa shape index (κ1) is 14.5. The van der Waals surface area contributed by atoms with Crippen LogP contribution in [0, 0.1) is 5.92 Å². The lowest BCUT2D eigenvalue weighted by Gasteiger charge is -2.48. The third-order valence-electron chi connectivity index (χ3n) is 3.78. The van der Waals surface area contributed by atoms with E-state index in [-0.39, 0.29) is 17.9 Å². The maximum atomic E-state index is 11.9. The minimum atomic E-state index is -0.611. The summed E-state index contributed by atoms with van der Waals surface area (Å²) < 4.78 is 0. The van der Waals surface area contributed by atoms with Crippen molar-refractivity contribution in [3.63, 3.8) is 0 Å². The predicted molar refractivity (Wildman–Crippen MR) is 77.1 cm³/mol. The van der Waals surface area contributed by atoms with E-state index in [0.717, 1.165) is 4.88 Å². The van der Waals surface area contributed by atoms with E-state index in [0.29, 0.717) is 19.6 Å². The quantitative estimate of drug-likeness (QED) is 0.863. The van der Waals surface area contributed by atoms with E-state index < -0.39 is 5.60 Å². The summed E-state index contributed by atoms with van der Waals surface area (Å²) in [4.78, 5) is 15.0. The molecule has 2 N–H and O–H groups in total. The topological polar surface area (TPSA) is 52.6 Å². The van der Waals surface area contributed by atoms with Gasteiger partial charge in [0.2, 0.25) is 5.91 Å². The van der Waals surface area contributed by atoms with Crippen LogP contribution in [0.15, 0.2) is 17.5 Å². The predicted octanol–water partition coefficient (Wildman–Crippen LogP) is 1.63. The van der Waals surface area contributed by atoms with Crippen molar-refractivity contribution >= 4 is 17.2 Å². The van der Waals surface area contributed by atoms with E-state index >= 15 is 0 Å². The number of β-amino-alcohol motifs (C(OH)–C–C–N with tert-alkyl or cyclic N) is 1. The van der Waals surface area contributed by atoms with Gasteiger partial charge in [-0.25, -0.2) is 0 Å². The average Bonchev–Trinajstić information content (AvgIpc) is 2.79. The van der Waals surface area contributed by atoms with Crippen LogP contribution in [-0.4, -0.2) is 41.1 Å². The number of likely N-dealkylation sites (tertiary alicyclic amines) is 1. The largest absolute Gasteiger partial charge is 0.387 e. The van der Waals surface area contributed by atoms with E-state index in [1.165, 1.54) is 0 Å². The summed E-state index contributed by atoms with van der Waals surface area (Å²) >= 11 is 1.65. The number of hydrogen-bond acceptors (Lipinski definition) is 4. The minimum Gasteiger partial charge on any atom is -0.387 e. The molecule has 0 saturated carbocycles. The van der Waals surface area contributed by atoms with E-state index in [1.807, 2.05) is 43.2 Å². The van der Waals surface area contributed by atoms with Crippen LogP contribution in [0.5, 0.6) is 0 Å². The lowest BCUT2D eigenvalue weighted by atomic mass is 9.83. The van der Waals surface area contributed by atoms with Crippen molar-refractivity contribution in [3.05, 3.63) is 22.4 Å². The number of amides is 1.